The van der Waals surface area contributed by atoms with Crippen LogP contribution >= 0.6 is 23.1 Å². The van der Waals surface area contributed by atoms with E-state index < -0.39 is 17.0 Å². The number of aryl methyl sites for hydroxylation is 1. The lowest BCUT2D eigenvalue weighted by molar-refractivity contribution is 0.0882. The van der Waals surface area contributed by atoms with Gasteiger partial charge in [0.15, 0.2) is 0 Å². The van der Waals surface area contributed by atoms with Crippen molar-refractivity contribution >= 4 is 67.0 Å². The molecule has 50 heavy (non-hydrogen) atoms. The van der Waals surface area contributed by atoms with Crippen molar-refractivity contribution in [2.24, 2.45) is 0 Å². The lowest BCUT2D eigenvalue weighted by Gasteiger charge is -2.43. The second-order valence-electron chi connectivity index (χ2n) is 14.3. The number of hydrogen-bond donors (Lipinski definition) is 2. The first-order valence-electron chi connectivity index (χ1n) is 17.7. The number of piperidine rings is 1. The van der Waals surface area contributed by atoms with Gasteiger partial charge in [0, 0.05) is 81.4 Å². The van der Waals surface area contributed by atoms with Crippen LogP contribution in [0.5, 0.6) is 5.75 Å². The number of anilines is 5. The highest BCUT2D eigenvalue weighted by atomic mass is 79.9. The molecule has 0 radical (unpaired) electrons. The summed E-state index contributed by atoms with van der Waals surface area (Å²) in [5.41, 5.74) is 5.27. The van der Waals surface area contributed by atoms with E-state index in [1.807, 2.05) is 19.4 Å². The van der Waals surface area contributed by atoms with E-state index >= 15 is 0 Å². The predicted octanol–water partition coefficient (Wildman–Crippen LogP) is 6.05. The number of piperazine rings is 1. The number of methoxy groups -OCH3 is 1. The van der Waals surface area contributed by atoms with Gasteiger partial charge in [0.25, 0.3) is 0 Å². The van der Waals surface area contributed by atoms with Gasteiger partial charge in [-0.15, -0.1) is 0 Å². The quantitative estimate of drug-likeness (QED) is 0.197. The molecule has 1 aliphatic carbocycles. The number of nitrogens with zero attached hydrogens (tertiary/aromatic N) is 5. The summed E-state index contributed by atoms with van der Waals surface area (Å²) < 4.78 is 43.1. The van der Waals surface area contributed by atoms with Gasteiger partial charge in [0.1, 0.15) is 28.5 Å². The molecule has 2 aliphatic heterocycles. The molecule has 2 N–H and O–H groups in total. The molecule has 14 heteroatoms. The molecular formula is C36H51BrN7O4PS. The molecule has 0 amide bonds. The number of hydrogen-bond acceptors (Lipinski definition) is 11. The zero-order chi connectivity index (χ0) is 35.6. The van der Waals surface area contributed by atoms with Crippen LogP contribution in [-0.4, -0.2) is 112 Å². The van der Waals surface area contributed by atoms with Gasteiger partial charge < -0.3 is 24.8 Å². The fourth-order valence-electron chi connectivity index (χ4n) is 7.11. The summed E-state index contributed by atoms with van der Waals surface area (Å²) in [4.78, 5) is 16.7. The van der Waals surface area contributed by atoms with Gasteiger partial charge in [-0.1, -0.05) is 13.0 Å². The van der Waals surface area contributed by atoms with Crippen LogP contribution in [-0.2, 0) is 20.8 Å². The molecule has 0 bridgehead atoms. The number of nitrogens with one attached hydrogen (secondary N) is 2. The summed E-state index contributed by atoms with van der Waals surface area (Å²) in [7, 11) is -3.79. The lowest BCUT2D eigenvalue weighted by atomic mass is 9.99. The zero-order valence-electron chi connectivity index (χ0n) is 29.9. The standard InChI is InChI=1S/C36H51BrN7O4PS/c1-6-25-21-31(40-36-38-24-29(37)35(41-36)39-30-10-9-27(26-7-8-26)22-34(30)49(3,4)45)33(48-2)23-32(25)44-13-11-28(12-14-44)43-17-15-42(16-18-43)19-20-50(5,46)47/h9-10,21-24,26,28H,6-8,11-20H2,1-5H3,(H2,38,39,40,41). The highest BCUT2D eigenvalue weighted by Crippen LogP contribution is 2.44. The van der Waals surface area contributed by atoms with Crippen LogP contribution in [0.3, 0.4) is 0 Å². The minimum atomic E-state index is -2.93. The molecule has 0 spiro atoms. The summed E-state index contributed by atoms with van der Waals surface area (Å²) in [5.74, 6) is 2.54. The highest BCUT2D eigenvalue weighted by molar-refractivity contribution is 9.10. The average molecular weight is 789 g/mol. The SMILES string of the molecule is CCc1cc(Nc2ncc(Br)c(Nc3ccc(C4CC4)cc3P(C)(C)=O)n2)c(OC)cc1N1CCC(N2CCN(CCS(C)(=O)=O)CC2)CC1. The Morgan fingerprint density at radius 3 is 2.32 bits per heavy atom. The van der Waals surface area contributed by atoms with Gasteiger partial charge in [-0.2, -0.15) is 4.98 Å². The maximum absolute atomic E-state index is 13.3. The van der Waals surface area contributed by atoms with Gasteiger partial charge in [0.2, 0.25) is 5.95 Å². The number of aromatic nitrogens is 2. The van der Waals surface area contributed by atoms with Crippen LogP contribution < -0.4 is 25.6 Å². The first-order chi connectivity index (χ1) is 23.8. The molecular weight excluding hydrogens is 737 g/mol. The molecule has 1 saturated carbocycles. The third kappa shape index (κ3) is 9.20. The molecule has 2 aromatic carbocycles. The third-order valence-electron chi connectivity index (χ3n) is 10.2. The lowest BCUT2D eigenvalue weighted by Crippen LogP contribution is -2.53. The van der Waals surface area contributed by atoms with Crippen molar-refractivity contribution in [1.82, 2.24) is 19.8 Å². The summed E-state index contributed by atoms with van der Waals surface area (Å²) in [6.07, 6.45) is 8.46. The van der Waals surface area contributed by atoms with E-state index in [4.69, 9.17) is 9.72 Å². The maximum Gasteiger partial charge on any atom is 0.229 e. The smallest absolute Gasteiger partial charge is 0.229 e. The molecule has 0 atom stereocenters. The average Bonchev–Trinajstić information content (AvgIpc) is 3.94. The predicted molar refractivity (Wildman–Crippen MR) is 209 cm³/mol. The molecule has 2 saturated heterocycles. The Kier molecular flexibility index (Phi) is 11.5. The molecule has 3 aliphatic rings. The molecule has 1 aromatic heterocycles. The van der Waals surface area contributed by atoms with Gasteiger partial charge in [-0.3, -0.25) is 9.80 Å². The zero-order valence-corrected chi connectivity index (χ0v) is 33.2. The monoisotopic (exact) mass is 787 g/mol. The van der Waals surface area contributed by atoms with Crippen molar-refractivity contribution in [2.45, 2.75) is 51.0 Å². The second-order valence-corrected chi connectivity index (χ2v) is 20.6. The molecule has 6 rings (SSSR count). The van der Waals surface area contributed by atoms with Crippen molar-refractivity contribution in [3.8, 4) is 5.75 Å². The van der Waals surface area contributed by atoms with Crippen LogP contribution in [0.4, 0.5) is 28.8 Å². The van der Waals surface area contributed by atoms with Gasteiger partial charge in [-0.25, -0.2) is 13.4 Å². The van der Waals surface area contributed by atoms with Crippen molar-refractivity contribution in [3.05, 3.63) is 52.1 Å². The topological polar surface area (TPSA) is 120 Å². The summed E-state index contributed by atoms with van der Waals surface area (Å²) in [6, 6.07) is 11.1. The summed E-state index contributed by atoms with van der Waals surface area (Å²) in [5, 5.41) is 7.67. The van der Waals surface area contributed by atoms with Crippen molar-refractivity contribution in [2.75, 3.05) is 93.8 Å². The Balaban J connectivity index is 1.12. The van der Waals surface area contributed by atoms with E-state index in [0.717, 1.165) is 81.0 Å². The first kappa shape index (κ1) is 37.1. The van der Waals surface area contributed by atoms with Crippen LogP contribution in [0.2, 0.25) is 0 Å². The van der Waals surface area contributed by atoms with E-state index in [2.05, 4.69) is 77.4 Å². The second kappa shape index (κ2) is 15.5. The van der Waals surface area contributed by atoms with E-state index in [1.165, 1.54) is 35.9 Å². The highest BCUT2D eigenvalue weighted by Gasteiger charge is 2.30. The molecule has 11 nitrogen and oxygen atoms in total. The van der Waals surface area contributed by atoms with E-state index in [1.54, 1.807) is 13.3 Å². The fraction of sp³-hybridized carbons (Fsp3) is 0.556. The number of halogens is 1. The van der Waals surface area contributed by atoms with Crippen molar-refractivity contribution in [1.29, 1.82) is 0 Å². The molecule has 3 aromatic rings. The number of rotatable bonds is 13. The van der Waals surface area contributed by atoms with Crippen LogP contribution in [0.25, 0.3) is 0 Å². The number of ether oxygens (including phenoxy) is 1. The normalized spacial score (nSPS) is 18.3. The molecule has 3 heterocycles. The molecule has 272 valence electrons. The van der Waals surface area contributed by atoms with Crippen LogP contribution in [0, 0.1) is 0 Å². The van der Waals surface area contributed by atoms with Gasteiger partial charge >= 0.3 is 0 Å². The minimum absolute atomic E-state index is 0.232. The minimum Gasteiger partial charge on any atom is -0.494 e. The fourth-order valence-corrected chi connectivity index (χ4v) is 9.16. The van der Waals surface area contributed by atoms with Gasteiger partial charge in [-0.05, 0) is 96.6 Å². The van der Waals surface area contributed by atoms with Crippen molar-refractivity contribution < 1.29 is 17.7 Å². The Morgan fingerprint density at radius 1 is 0.980 bits per heavy atom. The Labute approximate surface area is 306 Å². The van der Waals surface area contributed by atoms with Crippen LogP contribution in [0.1, 0.15) is 49.7 Å². The van der Waals surface area contributed by atoms with Crippen LogP contribution in [0.15, 0.2) is 41.0 Å². The number of benzene rings is 2. The summed E-state index contributed by atoms with van der Waals surface area (Å²) >= 11 is 3.61. The first-order valence-corrected chi connectivity index (χ1v) is 23.1. The van der Waals surface area contributed by atoms with E-state index in [0.29, 0.717) is 34.7 Å². The molecule has 0 unspecified atom stereocenters. The maximum atomic E-state index is 13.3. The van der Waals surface area contributed by atoms with E-state index in [9.17, 15) is 13.0 Å². The summed E-state index contributed by atoms with van der Waals surface area (Å²) in [6.45, 7) is 12.2. The Hall–Kier alpha value is -2.70. The molecule has 3 fully saturated rings. The third-order valence-corrected chi connectivity index (χ3v) is 13.2. The number of sulfone groups is 1. The van der Waals surface area contributed by atoms with E-state index in [-0.39, 0.29) is 5.75 Å². The largest absolute Gasteiger partial charge is 0.494 e. The van der Waals surface area contributed by atoms with Crippen molar-refractivity contribution in [3.63, 3.8) is 0 Å². The Bertz CT molecular complexity index is 1840. The Morgan fingerprint density at radius 2 is 1.70 bits per heavy atom. The van der Waals surface area contributed by atoms with Gasteiger partial charge in [0.05, 0.1) is 28.7 Å².